The molecule has 0 bridgehead atoms. The van der Waals surface area contributed by atoms with E-state index in [4.69, 9.17) is 11.1 Å². The second-order valence-corrected chi connectivity index (χ2v) is 14.2. The van der Waals surface area contributed by atoms with E-state index in [1.54, 1.807) is 4.90 Å². The summed E-state index contributed by atoms with van der Waals surface area (Å²) in [6.45, 7) is 0.279. The third-order valence-corrected chi connectivity index (χ3v) is 10.3. The van der Waals surface area contributed by atoms with Crippen LogP contribution in [-0.2, 0) is 43.2 Å². The minimum Gasteiger partial charge on any atom is -0.481 e. The number of rotatable bonds is 18. The molecular formula is C41H51N7O6. The first-order chi connectivity index (χ1) is 26.1. The van der Waals surface area contributed by atoms with Gasteiger partial charge in [-0.25, -0.2) is 0 Å². The van der Waals surface area contributed by atoms with E-state index in [2.05, 4.69) is 21.3 Å². The average molecular weight is 738 g/mol. The van der Waals surface area contributed by atoms with Gasteiger partial charge in [0.1, 0.15) is 18.1 Å². The minimum absolute atomic E-state index is 0.0296. The number of hydrogen-bond donors (Lipinski definition) is 7. The number of benzene rings is 3. The maximum Gasteiger partial charge on any atom is 0.305 e. The van der Waals surface area contributed by atoms with Crippen LogP contribution in [0, 0.1) is 11.3 Å². The summed E-state index contributed by atoms with van der Waals surface area (Å²) in [6, 6.07) is 25.1. The summed E-state index contributed by atoms with van der Waals surface area (Å²) in [5.41, 5.74) is 8.37. The molecule has 2 saturated heterocycles. The Morgan fingerprint density at radius 1 is 0.852 bits per heavy atom. The number of nitrogens with two attached hydrogens (primary N) is 1. The topological polar surface area (TPSA) is 207 Å². The molecule has 0 aliphatic carbocycles. The maximum atomic E-state index is 14.3. The van der Waals surface area contributed by atoms with E-state index in [0.717, 1.165) is 16.7 Å². The smallest absolute Gasteiger partial charge is 0.305 e. The molecule has 8 N–H and O–H groups in total. The summed E-state index contributed by atoms with van der Waals surface area (Å²) >= 11 is 0. The highest BCUT2D eigenvalue weighted by molar-refractivity contribution is 5.95. The number of nitrogens with one attached hydrogen (secondary N) is 5. The largest absolute Gasteiger partial charge is 0.481 e. The number of carboxylic acid groups (broad SMARTS) is 1. The zero-order chi connectivity index (χ0) is 38.5. The molecule has 2 fully saturated rings. The predicted octanol–water partition coefficient (Wildman–Crippen LogP) is 2.68. The fourth-order valence-electron chi connectivity index (χ4n) is 7.67. The Morgan fingerprint density at radius 3 is 2.11 bits per heavy atom. The van der Waals surface area contributed by atoms with Crippen LogP contribution in [0.25, 0.3) is 0 Å². The van der Waals surface area contributed by atoms with Crippen LogP contribution < -0.4 is 27.0 Å². The zero-order valence-corrected chi connectivity index (χ0v) is 30.4. The van der Waals surface area contributed by atoms with Crippen molar-refractivity contribution in [3.05, 3.63) is 108 Å². The van der Waals surface area contributed by atoms with E-state index in [1.807, 2.05) is 91.0 Å². The molecular weight excluding hydrogens is 686 g/mol. The molecule has 6 atom stereocenters. The van der Waals surface area contributed by atoms with Crippen molar-refractivity contribution in [2.24, 2.45) is 11.7 Å². The lowest BCUT2D eigenvalue weighted by atomic mass is 9.86. The van der Waals surface area contributed by atoms with Crippen LogP contribution in [0.3, 0.4) is 0 Å². The van der Waals surface area contributed by atoms with E-state index in [9.17, 15) is 29.1 Å². The molecule has 1 unspecified atom stereocenters. The number of amides is 4. The van der Waals surface area contributed by atoms with E-state index in [0.29, 0.717) is 44.9 Å². The Balaban J connectivity index is 1.33. The molecule has 5 rings (SSSR count). The van der Waals surface area contributed by atoms with Crippen molar-refractivity contribution in [2.45, 2.75) is 94.4 Å². The van der Waals surface area contributed by atoms with Crippen molar-refractivity contribution >= 4 is 35.6 Å². The average Bonchev–Trinajstić information content (AvgIpc) is 3.52. The number of fused-ring (bicyclic) bond motifs is 1. The summed E-state index contributed by atoms with van der Waals surface area (Å²) in [7, 11) is 0. The number of carbonyl (C=O) groups is 5. The Kier molecular flexibility index (Phi) is 14.2. The quantitative estimate of drug-likeness (QED) is 0.0586. The van der Waals surface area contributed by atoms with Gasteiger partial charge in [0.15, 0.2) is 5.96 Å². The Hall–Kier alpha value is -5.72. The summed E-state index contributed by atoms with van der Waals surface area (Å²) in [5.74, 6) is -2.93. The number of carbonyl (C=O) groups excluding carboxylic acids is 4. The molecule has 2 aliphatic rings. The maximum absolute atomic E-state index is 14.3. The second-order valence-electron chi connectivity index (χ2n) is 14.2. The number of hydrogen-bond acceptors (Lipinski definition) is 6. The number of aryl methyl sites for hydroxylation is 1. The van der Waals surface area contributed by atoms with Gasteiger partial charge in [0.25, 0.3) is 0 Å². The van der Waals surface area contributed by atoms with Gasteiger partial charge >= 0.3 is 5.97 Å². The van der Waals surface area contributed by atoms with E-state index in [1.165, 1.54) is 0 Å². The van der Waals surface area contributed by atoms with Crippen LogP contribution in [0.4, 0.5) is 0 Å². The normalized spacial score (nSPS) is 20.2. The van der Waals surface area contributed by atoms with Crippen molar-refractivity contribution in [3.8, 4) is 0 Å². The first kappa shape index (κ1) is 39.5. The highest BCUT2D eigenvalue weighted by Gasteiger charge is 2.51. The van der Waals surface area contributed by atoms with E-state index < -0.39 is 42.0 Å². The predicted molar refractivity (Wildman–Crippen MR) is 204 cm³/mol. The molecule has 13 nitrogen and oxygen atoms in total. The summed E-state index contributed by atoms with van der Waals surface area (Å²) in [5, 5.41) is 28.5. The standard InChI is InChI=1S/C41H51N7O6/c42-41(43)44-22-10-17-32(38(52)45-31(26-37(50)51)19-18-27-11-4-1-5-12-27)47-39(53)35-25-30(23-28-13-6-2-7-14-28)34-21-20-33(40(54)48(34)35)46-36(49)24-29-15-8-3-9-16-29/h1-9,11-16,30-35H,10,17-26H2,(H,45,52)(H,46,49)(H,47,53)(H,50,51)(H4,42,43,44)/t30-,31+,32-,33?,34-,35-/m0/s1. The van der Waals surface area contributed by atoms with Crippen LogP contribution >= 0.6 is 0 Å². The van der Waals surface area contributed by atoms with E-state index >= 15 is 0 Å². The Morgan fingerprint density at radius 2 is 1.48 bits per heavy atom. The number of piperidine rings is 1. The zero-order valence-electron chi connectivity index (χ0n) is 30.4. The number of aliphatic carboxylic acids is 1. The molecule has 0 radical (unpaired) electrons. The van der Waals surface area contributed by atoms with Crippen molar-refractivity contribution in [2.75, 3.05) is 6.54 Å². The van der Waals surface area contributed by atoms with Crippen LogP contribution in [0.5, 0.6) is 0 Å². The molecule has 2 heterocycles. The Labute approximate surface area is 316 Å². The van der Waals surface area contributed by atoms with Gasteiger partial charge in [-0.2, -0.15) is 0 Å². The molecule has 4 amide bonds. The second kappa shape index (κ2) is 19.4. The molecule has 3 aromatic carbocycles. The molecule has 13 heteroatoms. The van der Waals surface area contributed by atoms with Gasteiger partial charge in [-0.05, 0) is 74.0 Å². The first-order valence-corrected chi connectivity index (χ1v) is 18.7. The number of guanidine groups is 1. The van der Waals surface area contributed by atoms with Crippen LogP contribution in [0.15, 0.2) is 91.0 Å². The van der Waals surface area contributed by atoms with Gasteiger partial charge in [0, 0.05) is 18.6 Å². The van der Waals surface area contributed by atoms with E-state index in [-0.39, 0.29) is 55.5 Å². The van der Waals surface area contributed by atoms with Crippen LogP contribution in [0.1, 0.15) is 61.6 Å². The fourth-order valence-corrected chi connectivity index (χ4v) is 7.67. The molecule has 0 aromatic heterocycles. The van der Waals surface area contributed by atoms with Crippen molar-refractivity contribution < 1.29 is 29.1 Å². The lowest BCUT2D eigenvalue weighted by Crippen LogP contribution is -2.60. The van der Waals surface area contributed by atoms with Crippen molar-refractivity contribution in [1.29, 1.82) is 5.41 Å². The summed E-state index contributed by atoms with van der Waals surface area (Å²) in [4.78, 5) is 68.8. The lowest BCUT2D eigenvalue weighted by molar-refractivity contribution is -0.147. The van der Waals surface area contributed by atoms with Crippen LogP contribution in [-0.4, -0.2) is 82.3 Å². The Bertz CT molecular complexity index is 1740. The fraction of sp³-hybridized carbons (Fsp3) is 0.415. The molecule has 54 heavy (non-hydrogen) atoms. The highest BCUT2D eigenvalue weighted by atomic mass is 16.4. The SMILES string of the molecule is N=C(N)NCCC[C@H](NC(=O)[C@@H]1C[C@H](Cc2ccccc2)[C@@H]2CCC(NC(=O)Cc3ccccc3)C(=O)N12)C(=O)N[C@H](CCc1ccccc1)CC(=O)O. The van der Waals surface area contributed by atoms with Gasteiger partial charge < -0.3 is 37.0 Å². The van der Waals surface area contributed by atoms with Gasteiger partial charge in [0.2, 0.25) is 23.6 Å². The minimum atomic E-state index is -1.06. The lowest BCUT2D eigenvalue weighted by Gasteiger charge is -2.39. The monoisotopic (exact) mass is 737 g/mol. The molecule has 286 valence electrons. The summed E-state index contributed by atoms with van der Waals surface area (Å²) in [6.07, 6.45) is 3.37. The van der Waals surface area contributed by atoms with Gasteiger partial charge in [-0.3, -0.25) is 29.4 Å². The third kappa shape index (κ3) is 11.4. The first-order valence-electron chi connectivity index (χ1n) is 18.7. The van der Waals surface area contributed by atoms with Gasteiger partial charge in [-0.15, -0.1) is 0 Å². The molecule has 2 aliphatic heterocycles. The third-order valence-electron chi connectivity index (χ3n) is 10.3. The van der Waals surface area contributed by atoms with Crippen molar-refractivity contribution in [1.82, 2.24) is 26.2 Å². The molecule has 0 saturated carbocycles. The highest BCUT2D eigenvalue weighted by Crippen LogP contribution is 2.39. The number of nitrogens with zero attached hydrogens (tertiary/aromatic N) is 1. The van der Waals surface area contributed by atoms with Gasteiger partial charge in [-0.1, -0.05) is 91.0 Å². The van der Waals surface area contributed by atoms with Crippen LogP contribution in [0.2, 0.25) is 0 Å². The summed E-state index contributed by atoms with van der Waals surface area (Å²) < 4.78 is 0. The molecule has 0 spiro atoms. The number of carboxylic acids is 1. The van der Waals surface area contributed by atoms with Crippen molar-refractivity contribution in [3.63, 3.8) is 0 Å². The molecule has 3 aromatic rings. The van der Waals surface area contributed by atoms with Gasteiger partial charge in [0.05, 0.1) is 12.8 Å².